The zero-order valence-electron chi connectivity index (χ0n) is 9.13. The van der Waals surface area contributed by atoms with Gasteiger partial charge in [-0.3, -0.25) is 4.90 Å². The van der Waals surface area contributed by atoms with Crippen molar-refractivity contribution >= 4 is 33.6 Å². The monoisotopic (exact) mass is 298 g/mol. The van der Waals surface area contributed by atoms with Crippen LogP contribution in [0, 0.1) is 0 Å². The van der Waals surface area contributed by atoms with Crippen molar-refractivity contribution in [1.82, 2.24) is 4.90 Å². The molecule has 1 aliphatic rings. The van der Waals surface area contributed by atoms with Crippen LogP contribution in [-0.2, 0) is 4.79 Å². The van der Waals surface area contributed by atoms with Crippen LogP contribution < -0.4 is 4.90 Å². The van der Waals surface area contributed by atoms with E-state index in [0.29, 0.717) is 5.69 Å². The minimum atomic E-state index is -0.995. The van der Waals surface area contributed by atoms with E-state index in [0.717, 1.165) is 4.47 Å². The Labute approximate surface area is 107 Å². The lowest BCUT2D eigenvalue weighted by Gasteiger charge is -2.20. The number of amides is 2. The molecule has 1 atom stereocenters. The van der Waals surface area contributed by atoms with Gasteiger partial charge in [-0.05, 0) is 24.3 Å². The molecule has 2 rings (SSSR count). The molecule has 1 saturated heterocycles. The summed E-state index contributed by atoms with van der Waals surface area (Å²) in [7, 11) is 1.59. The summed E-state index contributed by atoms with van der Waals surface area (Å²) in [6.45, 7) is 0.199. The molecule has 0 aromatic heterocycles. The summed E-state index contributed by atoms with van der Waals surface area (Å²) in [4.78, 5) is 25.7. The summed E-state index contributed by atoms with van der Waals surface area (Å²) in [6, 6.07) is 5.88. The number of aliphatic carboxylic acids is 1. The van der Waals surface area contributed by atoms with Crippen molar-refractivity contribution in [3.05, 3.63) is 28.7 Å². The standard InChI is InChI=1S/C11H11BrN2O3/c1-13-6-9(10(15)16)14(11(13)17)8-4-2-7(12)3-5-8/h2-5,9H,6H2,1H3,(H,15,16). The van der Waals surface area contributed by atoms with E-state index in [2.05, 4.69) is 15.9 Å². The number of carbonyl (C=O) groups excluding carboxylic acids is 1. The number of carbonyl (C=O) groups is 2. The maximum absolute atomic E-state index is 11.9. The van der Waals surface area contributed by atoms with Gasteiger partial charge in [0.25, 0.3) is 0 Å². The molecule has 1 unspecified atom stereocenters. The van der Waals surface area contributed by atoms with Crippen LogP contribution >= 0.6 is 15.9 Å². The lowest BCUT2D eigenvalue weighted by Crippen LogP contribution is -2.39. The molecule has 1 N–H and O–H groups in total. The Morgan fingerprint density at radius 1 is 1.41 bits per heavy atom. The van der Waals surface area contributed by atoms with Crippen molar-refractivity contribution in [2.75, 3.05) is 18.5 Å². The molecule has 1 aromatic rings. The molecule has 1 fully saturated rings. The van der Waals surface area contributed by atoms with Crippen molar-refractivity contribution in [3.8, 4) is 0 Å². The zero-order valence-corrected chi connectivity index (χ0v) is 10.7. The quantitative estimate of drug-likeness (QED) is 0.905. The fourth-order valence-corrected chi connectivity index (χ4v) is 2.08. The minimum Gasteiger partial charge on any atom is -0.480 e. The van der Waals surface area contributed by atoms with E-state index in [4.69, 9.17) is 5.11 Å². The number of anilines is 1. The van der Waals surface area contributed by atoms with Gasteiger partial charge in [-0.25, -0.2) is 9.59 Å². The minimum absolute atomic E-state index is 0.199. The first-order chi connectivity index (χ1) is 8.00. The molecule has 5 nitrogen and oxygen atoms in total. The number of hydrogen-bond donors (Lipinski definition) is 1. The highest BCUT2D eigenvalue weighted by atomic mass is 79.9. The number of likely N-dealkylation sites (N-methyl/N-ethyl adjacent to an activating group) is 1. The molecule has 90 valence electrons. The van der Waals surface area contributed by atoms with Crippen molar-refractivity contribution < 1.29 is 14.7 Å². The van der Waals surface area contributed by atoms with Gasteiger partial charge in [0.15, 0.2) is 6.04 Å². The molecule has 2 amide bonds. The summed E-state index contributed by atoms with van der Waals surface area (Å²) >= 11 is 3.29. The highest BCUT2D eigenvalue weighted by Gasteiger charge is 2.40. The van der Waals surface area contributed by atoms with E-state index >= 15 is 0 Å². The van der Waals surface area contributed by atoms with Crippen LogP contribution in [0.5, 0.6) is 0 Å². The first-order valence-corrected chi connectivity index (χ1v) is 5.82. The number of carboxylic acids is 1. The largest absolute Gasteiger partial charge is 0.480 e. The van der Waals surface area contributed by atoms with Crippen molar-refractivity contribution in [2.45, 2.75) is 6.04 Å². The number of hydrogen-bond acceptors (Lipinski definition) is 2. The Morgan fingerprint density at radius 2 is 2.00 bits per heavy atom. The maximum Gasteiger partial charge on any atom is 0.328 e. The van der Waals surface area contributed by atoms with Crippen molar-refractivity contribution in [3.63, 3.8) is 0 Å². The molecule has 0 bridgehead atoms. The van der Waals surface area contributed by atoms with Gasteiger partial charge in [-0.2, -0.15) is 0 Å². The molecular formula is C11H11BrN2O3. The number of nitrogens with zero attached hydrogens (tertiary/aromatic N) is 2. The molecule has 0 aliphatic carbocycles. The fraction of sp³-hybridized carbons (Fsp3) is 0.273. The molecule has 17 heavy (non-hydrogen) atoms. The Morgan fingerprint density at radius 3 is 2.53 bits per heavy atom. The summed E-state index contributed by atoms with van der Waals surface area (Å²) in [5, 5.41) is 9.11. The normalized spacial score (nSPS) is 19.9. The van der Waals surface area contributed by atoms with Gasteiger partial charge in [-0.15, -0.1) is 0 Å². The van der Waals surface area contributed by atoms with Crippen molar-refractivity contribution in [1.29, 1.82) is 0 Å². The number of carboxylic acid groups (broad SMARTS) is 1. The van der Waals surface area contributed by atoms with Gasteiger partial charge in [0.2, 0.25) is 0 Å². The topological polar surface area (TPSA) is 60.9 Å². The van der Waals surface area contributed by atoms with Gasteiger partial charge >= 0.3 is 12.0 Å². The second-order valence-electron chi connectivity index (χ2n) is 3.86. The fourth-order valence-electron chi connectivity index (χ4n) is 1.82. The lowest BCUT2D eigenvalue weighted by molar-refractivity contribution is -0.138. The van der Waals surface area contributed by atoms with Crippen LogP contribution in [0.1, 0.15) is 0 Å². The third-order valence-corrected chi connectivity index (χ3v) is 3.21. The number of rotatable bonds is 2. The second kappa shape index (κ2) is 4.37. The van der Waals surface area contributed by atoms with Crippen LogP contribution in [0.25, 0.3) is 0 Å². The number of halogens is 1. The van der Waals surface area contributed by atoms with Gasteiger partial charge in [0, 0.05) is 17.2 Å². The first kappa shape index (κ1) is 11.9. The summed E-state index contributed by atoms with van der Waals surface area (Å²) in [5.74, 6) is -0.995. The Kier molecular flexibility index (Phi) is 3.06. The van der Waals surface area contributed by atoms with E-state index in [1.807, 2.05) is 0 Å². The van der Waals surface area contributed by atoms with E-state index in [1.54, 1.807) is 31.3 Å². The summed E-state index contributed by atoms with van der Waals surface area (Å²) < 4.78 is 0.883. The predicted molar refractivity (Wildman–Crippen MR) is 66.1 cm³/mol. The molecule has 6 heteroatoms. The van der Waals surface area contributed by atoms with Gasteiger partial charge in [0.1, 0.15) is 0 Å². The first-order valence-electron chi connectivity index (χ1n) is 5.03. The zero-order chi connectivity index (χ0) is 12.6. The molecule has 0 radical (unpaired) electrons. The van der Waals surface area contributed by atoms with Gasteiger partial charge < -0.3 is 10.0 Å². The molecule has 1 aliphatic heterocycles. The van der Waals surface area contributed by atoms with Gasteiger partial charge in [-0.1, -0.05) is 15.9 Å². The Balaban J connectivity index is 2.37. The van der Waals surface area contributed by atoms with E-state index in [1.165, 1.54) is 9.80 Å². The van der Waals surface area contributed by atoms with Gasteiger partial charge in [0.05, 0.1) is 6.54 Å². The van der Waals surface area contributed by atoms with Crippen LogP contribution in [0.2, 0.25) is 0 Å². The van der Waals surface area contributed by atoms with Crippen LogP contribution in [0.15, 0.2) is 28.7 Å². The third-order valence-electron chi connectivity index (χ3n) is 2.68. The van der Waals surface area contributed by atoms with E-state index < -0.39 is 12.0 Å². The highest BCUT2D eigenvalue weighted by Crippen LogP contribution is 2.25. The average Bonchev–Trinajstić information content (AvgIpc) is 2.57. The number of benzene rings is 1. The highest BCUT2D eigenvalue weighted by molar-refractivity contribution is 9.10. The average molecular weight is 299 g/mol. The molecule has 1 heterocycles. The summed E-state index contributed by atoms with van der Waals surface area (Å²) in [5.41, 5.74) is 0.593. The number of urea groups is 1. The summed E-state index contributed by atoms with van der Waals surface area (Å²) in [6.07, 6.45) is 0. The molecule has 1 aromatic carbocycles. The van der Waals surface area contributed by atoms with Crippen molar-refractivity contribution in [2.24, 2.45) is 0 Å². The maximum atomic E-state index is 11.9. The molecule has 0 saturated carbocycles. The van der Waals surface area contributed by atoms with E-state index in [9.17, 15) is 9.59 Å². The van der Waals surface area contributed by atoms with Crippen LogP contribution in [0.3, 0.4) is 0 Å². The van der Waals surface area contributed by atoms with Crippen LogP contribution in [-0.4, -0.2) is 41.6 Å². The smallest absolute Gasteiger partial charge is 0.328 e. The third kappa shape index (κ3) is 2.12. The SMILES string of the molecule is CN1CC(C(=O)O)N(c2ccc(Br)cc2)C1=O. The predicted octanol–water partition coefficient (Wildman–Crippen LogP) is 1.77. The molecular weight excluding hydrogens is 288 g/mol. The Bertz CT molecular complexity index is 460. The second-order valence-corrected chi connectivity index (χ2v) is 4.78. The van der Waals surface area contributed by atoms with Crippen LogP contribution in [0.4, 0.5) is 10.5 Å². The van der Waals surface area contributed by atoms with E-state index in [-0.39, 0.29) is 12.6 Å². The lowest BCUT2D eigenvalue weighted by atomic mass is 10.2. The Hall–Kier alpha value is -1.56. The molecule has 0 spiro atoms.